The summed E-state index contributed by atoms with van der Waals surface area (Å²) in [4.78, 5) is 14.0. The second kappa shape index (κ2) is 8.78. The minimum absolute atomic E-state index is 0.0107. The van der Waals surface area contributed by atoms with E-state index in [9.17, 15) is 26.4 Å². The molecule has 2 saturated heterocycles. The summed E-state index contributed by atoms with van der Waals surface area (Å²) < 4.78 is 64.2. The Labute approximate surface area is 167 Å². The molecule has 2 aliphatic rings. The quantitative estimate of drug-likeness (QED) is 0.742. The van der Waals surface area contributed by atoms with Gasteiger partial charge in [0.1, 0.15) is 5.75 Å². The second-order valence-corrected chi connectivity index (χ2v) is 9.62. The maximum atomic E-state index is 12.4. The summed E-state index contributed by atoms with van der Waals surface area (Å²) in [7, 11) is -2.92. The summed E-state index contributed by atoms with van der Waals surface area (Å²) in [5, 5.41) is 6.10. The predicted octanol–water partition coefficient (Wildman–Crippen LogP) is 2.40. The van der Waals surface area contributed by atoms with E-state index in [0.717, 1.165) is 12.8 Å². The molecule has 0 unspecified atom stereocenters. The number of benzene rings is 1. The van der Waals surface area contributed by atoms with Crippen molar-refractivity contribution in [3.63, 3.8) is 0 Å². The van der Waals surface area contributed by atoms with Gasteiger partial charge in [-0.1, -0.05) is 0 Å². The van der Waals surface area contributed by atoms with E-state index in [-0.39, 0.29) is 35.4 Å². The lowest BCUT2D eigenvalue weighted by molar-refractivity contribution is -0.153. The Morgan fingerprint density at radius 1 is 1.10 bits per heavy atom. The molecule has 2 N–H and O–H groups in total. The van der Waals surface area contributed by atoms with Crippen molar-refractivity contribution < 1.29 is 31.1 Å². The number of carbonyl (C=O) groups is 1. The summed E-state index contributed by atoms with van der Waals surface area (Å²) >= 11 is 0. The summed E-state index contributed by atoms with van der Waals surface area (Å²) in [6.07, 6.45) is -2.31. The topological polar surface area (TPSA) is 87.7 Å². The number of hydrogen-bond acceptors (Lipinski definition) is 5. The van der Waals surface area contributed by atoms with Gasteiger partial charge in [0, 0.05) is 30.9 Å². The van der Waals surface area contributed by atoms with Crippen LogP contribution in [0.4, 0.5) is 23.7 Å². The molecule has 2 heterocycles. The molecule has 29 heavy (non-hydrogen) atoms. The van der Waals surface area contributed by atoms with E-state index < -0.39 is 22.6 Å². The maximum Gasteiger partial charge on any atom is 0.422 e. The van der Waals surface area contributed by atoms with E-state index in [1.807, 2.05) is 0 Å². The minimum Gasteiger partial charge on any atom is -0.484 e. The number of alkyl halides is 3. The van der Waals surface area contributed by atoms with Crippen molar-refractivity contribution in [1.29, 1.82) is 0 Å². The van der Waals surface area contributed by atoms with Crippen LogP contribution in [-0.4, -0.2) is 68.8 Å². The fourth-order valence-corrected chi connectivity index (χ4v) is 5.20. The van der Waals surface area contributed by atoms with Crippen molar-refractivity contribution in [2.24, 2.45) is 0 Å². The molecule has 2 aliphatic heterocycles. The van der Waals surface area contributed by atoms with Crippen LogP contribution in [0.1, 0.15) is 19.3 Å². The number of carbonyl (C=O) groups excluding carboxylic acids is 1. The molecule has 11 heteroatoms. The van der Waals surface area contributed by atoms with Gasteiger partial charge in [0.25, 0.3) is 0 Å². The lowest BCUT2D eigenvalue weighted by atomic mass is 10.0. The van der Waals surface area contributed by atoms with Gasteiger partial charge in [-0.05, 0) is 43.5 Å². The lowest BCUT2D eigenvalue weighted by Crippen LogP contribution is -2.49. The van der Waals surface area contributed by atoms with Gasteiger partial charge in [0.15, 0.2) is 16.4 Å². The third-order valence-corrected chi connectivity index (χ3v) is 6.76. The van der Waals surface area contributed by atoms with Crippen molar-refractivity contribution in [3.05, 3.63) is 24.3 Å². The van der Waals surface area contributed by atoms with E-state index in [2.05, 4.69) is 15.4 Å². The fraction of sp³-hybridized carbons (Fsp3) is 0.611. The molecule has 0 aliphatic carbocycles. The Kier molecular flexibility index (Phi) is 6.57. The minimum atomic E-state index is -4.40. The fourth-order valence-electron chi connectivity index (χ4n) is 3.51. The molecule has 1 aromatic carbocycles. The van der Waals surface area contributed by atoms with Crippen molar-refractivity contribution in [1.82, 2.24) is 10.2 Å². The summed E-state index contributed by atoms with van der Waals surface area (Å²) in [5.74, 6) is 0.476. The van der Waals surface area contributed by atoms with Gasteiger partial charge in [-0.2, -0.15) is 13.2 Å². The van der Waals surface area contributed by atoms with Crippen LogP contribution in [0, 0.1) is 0 Å². The Morgan fingerprint density at radius 3 is 2.31 bits per heavy atom. The first-order valence-electron chi connectivity index (χ1n) is 9.42. The first kappa shape index (κ1) is 21.7. The van der Waals surface area contributed by atoms with Crippen LogP contribution in [0.15, 0.2) is 24.3 Å². The zero-order chi connectivity index (χ0) is 21.1. The van der Waals surface area contributed by atoms with Gasteiger partial charge in [0.05, 0.1) is 11.5 Å². The molecule has 1 aromatic rings. The van der Waals surface area contributed by atoms with Gasteiger partial charge in [-0.25, -0.2) is 13.2 Å². The monoisotopic (exact) mass is 435 g/mol. The number of piperidine rings is 1. The molecule has 1 atom stereocenters. The highest BCUT2D eigenvalue weighted by Gasteiger charge is 2.31. The third-order valence-electron chi connectivity index (χ3n) is 4.99. The van der Waals surface area contributed by atoms with E-state index in [0.29, 0.717) is 25.2 Å². The predicted molar refractivity (Wildman–Crippen MR) is 102 cm³/mol. The van der Waals surface area contributed by atoms with E-state index in [1.54, 1.807) is 4.90 Å². The third kappa shape index (κ3) is 6.77. The lowest BCUT2D eigenvalue weighted by Gasteiger charge is -2.33. The average Bonchev–Trinajstić information content (AvgIpc) is 2.99. The van der Waals surface area contributed by atoms with E-state index in [1.165, 1.54) is 24.3 Å². The summed E-state index contributed by atoms with van der Waals surface area (Å²) in [5.41, 5.74) is 0.464. The van der Waals surface area contributed by atoms with Crippen molar-refractivity contribution in [3.8, 4) is 5.75 Å². The molecule has 162 valence electrons. The first-order valence-corrected chi connectivity index (χ1v) is 11.2. The number of likely N-dealkylation sites (tertiary alicyclic amines) is 1. The van der Waals surface area contributed by atoms with Crippen LogP contribution in [0.3, 0.4) is 0 Å². The molecule has 2 amide bonds. The van der Waals surface area contributed by atoms with Crippen LogP contribution in [0.5, 0.6) is 5.75 Å². The highest BCUT2D eigenvalue weighted by atomic mass is 32.2. The maximum absolute atomic E-state index is 12.4. The molecule has 3 rings (SSSR count). The Morgan fingerprint density at radius 2 is 1.76 bits per heavy atom. The average molecular weight is 435 g/mol. The number of nitrogens with zero attached hydrogens (tertiary/aromatic N) is 1. The number of halogens is 3. The molecule has 0 radical (unpaired) electrons. The highest BCUT2D eigenvalue weighted by molar-refractivity contribution is 7.91. The van der Waals surface area contributed by atoms with Crippen LogP contribution in [0.25, 0.3) is 0 Å². The van der Waals surface area contributed by atoms with Gasteiger partial charge in [-0.3, -0.25) is 0 Å². The Bertz CT molecular complexity index is 807. The van der Waals surface area contributed by atoms with Crippen LogP contribution in [-0.2, 0) is 9.84 Å². The molecule has 0 spiro atoms. The highest BCUT2D eigenvalue weighted by Crippen LogP contribution is 2.21. The summed E-state index contributed by atoms with van der Waals surface area (Å²) in [6.45, 7) is -0.292. The van der Waals surface area contributed by atoms with Gasteiger partial charge in [0.2, 0.25) is 0 Å². The number of amides is 2. The standard InChI is InChI=1S/C18H24F3N3O4S/c19-18(20,21)12-28-16-3-1-13(2-4-16)23-17(25)24-8-5-14(6-9-24)22-15-7-10-29(26,27)11-15/h1-4,14-15,22H,5-12H2,(H,23,25)/t15-/m1/s1. The van der Waals surface area contributed by atoms with E-state index in [4.69, 9.17) is 0 Å². The number of hydrogen-bond donors (Lipinski definition) is 2. The SMILES string of the molecule is O=C(Nc1ccc(OCC(F)(F)F)cc1)N1CCC(N[C@@H]2CCS(=O)(=O)C2)CC1. The molecule has 0 saturated carbocycles. The molecule has 7 nitrogen and oxygen atoms in total. The van der Waals surface area contributed by atoms with Crippen LogP contribution in [0.2, 0.25) is 0 Å². The number of ether oxygens (including phenoxy) is 1. The van der Waals surface area contributed by atoms with Crippen molar-refractivity contribution in [2.45, 2.75) is 37.5 Å². The van der Waals surface area contributed by atoms with E-state index >= 15 is 0 Å². The first-order chi connectivity index (χ1) is 13.6. The zero-order valence-corrected chi connectivity index (χ0v) is 16.6. The Hall–Kier alpha value is -2.01. The zero-order valence-electron chi connectivity index (χ0n) is 15.7. The molecule has 0 bridgehead atoms. The van der Waals surface area contributed by atoms with Crippen molar-refractivity contribution >= 4 is 21.6 Å². The van der Waals surface area contributed by atoms with Crippen LogP contribution >= 0.6 is 0 Å². The van der Waals surface area contributed by atoms with Gasteiger partial charge < -0.3 is 20.3 Å². The normalized spacial score (nSPS) is 22.4. The number of rotatable bonds is 5. The van der Waals surface area contributed by atoms with Crippen LogP contribution < -0.4 is 15.4 Å². The smallest absolute Gasteiger partial charge is 0.422 e. The molecular formula is C18H24F3N3O4S. The van der Waals surface area contributed by atoms with Gasteiger partial charge >= 0.3 is 12.2 Å². The number of anilines is 1. The molecule has 2 fully saturated rings. The molecular weight excluding hydrogens is 411 g/mol. The summed E-state index contributed by atoms with van der Waals surface area (Å²) in [6, 6.07) is 5.60. The number of sulfone groups is 1. The second-order valence-electron chi connectivity index (χ2n) is 7.39. The Balaban J connectivity index is 1.41. The van der Waals surface area contributed by atoms with Crippen molar-refractivity contribution in [2.75, 3.05) is 36.5 Å². The largest absolute Gasteiger partial charge is 0.484 e. The molecule has 0 aromatic heterocycles. The number of urea groups is 1. The van der Waals surface area contributed by atoms with Gasteiger partial charge in [-0.15, -0.1) is 0 Å². The number of nitrogens with one attached hydrogen (secondary N) is 2.